The van der Waals surface area contributed by atoms with Crippen molar-refractivity contribution in [3.8, 4) is 5.75 Å². The summed E-state index contributed by atoms with van der Waals surface area (Å²) < 4.78 is 5.15. The van der Waals surface area contributed by atoms with Gasteiger partial charge in [0.15, 0.2) is 0 Å². The van der Waals surface area contributed by atoms with Gasteiger partial charge in [0.1, 0.15) is 12.3 Å². The maximum atomic E-state index is 12.7. The number of ether oxygens (including phenoxy) is 1. The van der Waals surface area contributed by atoms with Gasteiger partial charge >= 0.3 is 6.03 Å². The molecule has 198 valence electrons. The van der Waals surface area contributed by atoms with E-state index < -0.39 is 0 Å². The lowest BCUT2D eigenvalue weighted by Gasteiger charge is -2.36. The third-order valence-electron chi connectivity index (χ3n) is 7.10. The summed E-state index contributed by atoms with van der Waals surface area (Å²) in [5, 5.41) is 5.85. The molecule has 2 N–H and O–H groups in total. The number of amides is 4. The van der Waals surface area contributed by atoms with Crippen molar-refractivity contribution >= 4 is 34.9 Å². The SMILES string of the molecule is COc1ccc(NC(=O)N2CCN(c3ccc(NC(=O)CN(C(=O)C4CCC4)C(C)C)cc3)CC2)cc1. The van der Waals surface area contributed by atoms with Gasteiger partial charge in [-0.15, -0.1) is 0 Å². The van der Waals surface area contributed by atoms with Gasteiger partial charge in [-0.1, -0.05) is 6.42 Å². The predicted molar refractivity (Wildman–Crippen MR) is 145 cm³/mol. The number of methoxy groups -OCH3 is 1. The highest BCUT2D eigenvalue weighted by molar-refractivity contribution is 5.95. The molecular formula is C28H37N5O4. The Morgan fingerprint density at radius 2 is 1.51 bits per heavy atom. The number of piperazine rings is 1. The summed E-state index contributed by atoms with van der Waals surface area (Å²) in [5.74, 6) is 0.714. The number of nitrogens with zero attached hydrogens (tertiary/aromatic N) is 3. The van der Waals surface area contributed by atoms with Crippen molar-refractivity contribution in [2.75, 3.05) is 55.4 Å². The number of benzene rings is 2. The molecule has 1 aliphatic carbocycles. The maximum Gasteiger partial charge on any atom is 0.321 e. The van der Waals surface area contributed by atoms with Crippen molar-refractivity contribution in [2.24, 2.45) is 5.92 Å². The monoisotopic (exact) mass is 507 g/mol. The molecule has 37 heavy (non-hydrogen) atoms. The Hall–Kier alpha value is -3.75. The Labute approximate surface area is 218 Å². The van der Waals surface area contributed by atoms with Crippen molar-refractivity contribution in [1.29, 1.82) is 0 Å². The fourth-order valence-corrected chi connectivity index (χ4v) is 4.56. The molecule has 0 spiro atoms. The van der Waals surface area contributed by atoms with Crippen LogP contribution in [0.15, 0.2) is 48.5 Å². The Morgan fingerprint density at radius 3 is 2.05 bits per heavy atom. The molecule has 9 heteroatoms. The Balaban J connectivity index is 1.24. The molecule has 2 aliphatic rings. The van der Waals surface area contributed by atoms with E-state index in [9.17, 15) is 14.4 Å². The average molecular weight is 508 g/mol. The van der Waals surface area contributed by atoms with Crippen LogP contribution in [-0.2, 0) is 9.59 Å². The lowest BCUT2D eigenvalue weighted by Crippen LogP contribution is -2.50. The van der Waals surface area contributed by atoms with E-state index in [1.807, 2.05) is 62.4 Å². The molecule has 2 aromatic rings. The molecule has 1 saturated heterocycles. The van der Waals surface area contributed by atoms with Crippen LogP contribution in [0.3, 0.4) is 0 Å². The largest absolute Gasteiger partial charge is 0.497 e. The number of rotatable bonds is 8. The molecule has 2 aromatic carbocycles. The highest BCUT2D eigenvalue weighted by Crippen LogP contribution is 2.29. The zero-order valence-corrected chi connectivity index (χ0v) is 21.9. The number of urea groups is 1. The van der Waals surface area contributed by atoms with Crippen LogP contribution in [0.2, 0.25) is 0 Å². The van der Waals surface area contributed by atoms with Gasteiger partial charge in [0.05, 0.1) is 7.11 Å². The first-order valence-electron chi connectivity index (χ1n) is 13.0. The minimum Gasteiger partial charge on any atom is -0.497 e. The normalized spacial score (nSPS) is 15.7. The first kappa shape index (κ1) is 26.3. The third-order valence-corrected chi connectivity index (χ3v) is 7.10. The quantitative estimate of drug-likeness (QED) is 0.563. The number of hydrogen-bond acceptors (Lipinski definition) is 5. The molecular weight excluding hydrogens is 470 g/mol. The van der Waals surface area contributed by atoms with E-state index in [2.05, 4.69) is 15.5 Å². The summed E-state index contributed by atoms with van der Waals surface area (Å²) in [6.45, 7) is 6.61. The van der Waals surface area contributed by atoms with E-state index in [0.717, 1.165) is 36.4 Å². The summed E-state index contributed by atoms with van der Waals surface area (Å²) in [5.41, 5.74) is 2.47. The molecule has 1 saturated carbocycles. The summed E-state index contributed by atoms with van der Waals surface area (Å²) in [7, 11) is 1.61. The van der Waals surface area contributed by atoms with Gasteiger partial charge in [-0.05, 0) is 75.2 Å². The molecule has 0 aromatic heterocycles. The molecule has 4 rings (SSSR count). The van der Waals surface area contributed by atoms with E-state index in [-0.39, 0.29) is 36.3 Å². The van der Waals surface area contributed by atoms with Crippen LogP contribution >= 0.6 is 0 Å². The van der Waals surface area contributed by atoms with E-state index in [1.165, 1.54) is 0 Å². The van der Waals surface area contributed by atoms with Gasteiger partial charge in [0.2, 0.25) is 11.8 Å². The van der Waals surface area contributed by atoms with Crippen molar-refractivity contribution in [2.45, 2.75) is 39.2 Å². The maximum absolute atomic E-state index is 12.7. The van der Waals surface area contributed by atoms with E-state index in [1.54, 1.807) is 16.9 Å². The number of nitrogens with one attached hydrogen (secondary N) is 2. The van der Waals surface area contributed by atoms with E-state index >= 15 is 0 Å². The standard InChI is InChI=1S/C28H37N5O4/c1-20(2)33(27(35)21-5-4-6-21)19-26(34)29-22-7-11-24(12-8-22)31-15-17-32(18-16-31)28(36)30-23-9-13-25(37-3)14-10-23/h7-14,20-21H,4-6,15-19H2,1-3H3,(H,29,34)(H,30,36). The van der Waals surface area contributed by atoms with E-state index in [0.29, 0.717) is 31.9 Å². The van der Waals surface area contributed by atoms with Gasteiger partial charge in [-0.25, -0.2) is 4.79 Å². The second kappa shape index (κ2) is 12.0. The number of anilines is 3. The Bertz CT molecular complexity index is 1070. The highest BCUT2D eigenvalue weighted by atomic mass is 16.5. The van der Waals surface area contributed by atoms with Gasteiger partial charge in [0, 0.05) is 55.2 Å². The van der Waals surface area contributed by atoms with Crippen LogP contribution in [0.5, 0.6) is 5.75 Å². The van der Waals surface area contributed by atoms with Crippen LogP contribution in [-0.4, -0.2) is 73.5 Å². The Kier molecular flexibility index (Phi) is 8.53. The van der Waals surface area contributed by atoms with Crippen LogP contribution < -0.4 is 20.3 Å². The zero-order valence-electron chi connectivity index (χ0n) is 21.9. The molecule has 1 heterocycles. The molecule has 9 nitrogen and oxygen atoms in total. The van der Waals surface area contributed by atoms with Gasteiger partial charge in [0.25, 0.3) is 0 Å². The molecule has 1 aliphatic heterocycles. The summed E-state index contributed by atoms with van der Waals surface area (Å²) in [6.07, 6.45) is 2.94. The van der Waals surface area contributed by atoms with Crippen LogP contribution in [0, 0.1) is 5.92 Å². The minimum absolute atomic E-state index is 0.0156. The lowest BCUT2D eigenvalue weighted by atomic mass is 9.84. The first-order chi connectivity index (χ1) is 17.8. The molecule has 0 atom stereocenters. The molecule has 0 bridgehead atoms. The van der Waals surface area contributed by atoms with Crippen LogP contribution in [0.1, 0.15) is 33.1 Å². The van der Waals surface area contributed by atoms with Crippen molar-refractivity contribution in [3.05, 3.63) is 48.5 Å². The first-order valence-corrected chi connectivity index (χ1v) is 13.0. The van der Waals surface area contributed by atoms with E-state index in [4.69, 9.17) is 4.74 Å². The summed E-state index contributed by atoms with van der Waals surface area (Å²) >= 11 is 0. The van der Waals surface area contributed by atoms with Crippen molar-refractivity contribution < 1.29 is 19.1 Å². The number of carbonyl (C=O) groups is 3. The smallest absolute Gasteiger partial charge is 0.321 e. The predicted octanol–water partition coefficient (Wildman–Crippen LogP) is 4.02. The highest BCUT2D eigenvalue weighted by Gasteiger charge is 2.31. The van der Waals surface area contributed by atoms with Gasteiger partial charge in [-0.2, -0.15) is 0 Å². The van der Waals surface area contributed by atoms with Gasteiger partial charge in [-0.3, -0.25) is 9.59 Å². The fourth-order valence-electron chi connectivity index (χ4n) is 4.56. The average Bonchev–Trinajstić information content (AvgIpc) is 2.87. The fraction of sp³-hybridized carbons (Fsp3) is 0.464. The van der Waals surface area contributed by atoms with Crippen molar-refractivity contribution in [3.63, 3.8) is 0 Å². The topological polar surface area (TPSA) is 94.2 Å². The minimum atomic E-state index is -0.189. The summed E-state index contributed by atoms with van der Waals surface area (Å²) in [4.78, 5) is 43.6. The molecule has 0 unspecified atom stereocenters. The zero-order chi connectivity index (χ0) is 26.4. The number of hydrogen-bond donors (Lipinski definition) is 2. The second-order valence-electron chi connectivity index (χ2n) is 9.92. The summed E-state index contributed by atoms with van der Waals surface area (Å²) in [6, 6.07) is 14.8. The molecule has 4 amide bonds. The Morgan fingerprint density at radius 1 is 0.919 bits per heavy atom. The molecule has 0 radical (unpaired) electrons. The van der Waals surface area contributed by atoms with Crippen LogP contribution in [0.4, 0.5) is 21.9 Å². The van der Waals surface area contributed by atoms with Crippen LogP contribution in [0.25, 0.3) is 0 Å². The van der Waals surface area contributed by atoms with Gasteiger partial charge < -0.3 is 30.1 Å². The van der Waals surface area contributed by atoms with Crippen molar-refractivity contribution in [1.82, 2.24) is 9.80 Å². The molecule has 2 fully saturated rings. The lowest BCUT2D eigenvalue weighted by molar-refractivity contribution is -0.142. The second-order valence-corrected chi connectivity index (χ2v) is 9.92. The third kappa shape index (κ3) is 6.72. The number of carbonyl (C=O) groups excluding carboxylic acids is 3.